The Kier molecular flexibility index (Phi) is 8.17. The fourth-order valence-electron chi connectivity index (χ4n) is 3.80. The number of Topliss-reactive ketones (excluding diaryl/α,β-unsaturated/α-hetero) is 1. The van der Waals surface area contributed by atoms with Gasteiger partial charge in [0.05, 0.1) is 39.0 Å². The molecule has 0 aromatic heterocycles. The van der Waals surface area contributed by atoms with Gasteiger partial charge in [-0.15, -0.1) is 0 Å². The Balaban J connectivity index is 2.12. The zero-order valence-corrected chi connectivity index (χ0v) is 20.2. The van der Waals surface area contributed by atoms with Crippen LogP contribution >= 0.6 is 0 Å². The average Bonchev–Trinajstić information content (AvgIpc) is 3.10. The summed E-state index contributed by atoms with van der Waals surface area (Å²) in [4.78, 5) is 27.5. The number of benzene rings is 2. The molecule has 1 heterocycles. The van der Waals surface area contributed by atoms with E-state index >= 15 is 0 Å². The Bertz CT molecular complexity index is 1060. The van der Waals surface area contributed by atoms with Crippen LogP contribution in [0.5, 0.6) is 17.2 Å². The molecule has 1 amide bonds. The highest BCUT2D eigenvalue weighted by Crippen LogP contribution is 2.43. The van der Waals surface area contributed by atoms with Gasteiger partial charge in [-0.1, -0.05) is 13.8 Å². The Morgan fingerprint density at radius 1 is 1.00 bits per heavy atom. The number of ketones is 1. The zero-order valence-electron chi connectivity index (χ0n) is 20.2. The number of hydrogen-bond donors (Lipinski definition) is 1. The molecule has 34 heavy (non-hydrogen) atoms. The molecule has 1 unspecified atom stereocenters. The lowest BCUT2D eigenvalue weighted by Crippen LogP contribution is -2.32. The van der Waals surface area contributed by atoms with E-state index in [4.69, 9.17) is 18.9 Å². The maximum absolute atomic E-state index is 13.1. The van der Waals surface area contributed by atoms with Crippen molar-refractivity contribution in [2.45, 2.75) is 19.9 Å². The molecule has 1 N–H and O–H groups in total. The van der Waals surface area contributed by atoms with Gasteiger partial charge in [0.2, 0.25) is 0 Å². The van der Waals surface area contributed by atoms with Gasteiger partial charge < -0.3 is 29.0 Å². The summed E-state index contributed by atoms with van der Waals surface area (Å²) >= 11 is 0. The molecule has 0 bridgehead atoms. The number of rotatable bonds is 10. The largest absolute Gasteiger partial charge is 0.507 e. The molecule has 1 aliphatic heterocycles. The topological polar surface area (TPSA) is 94.5 Å². The maximum Gasteiger partial charge on any atom is 0.295 e. The van der Waals surface area contributed by atoms with Crippen LogP contribution in [0.4, 0.5) is 0 Å². The molecule has 8 nitrogen and oxygen atoms in total. The van der Waals surface area contributed by atoms with E-state index in [1.54, 1.807) is 42.5 Å². The molecular formula is C26H31NO7. The van der Waals surface area contributed by atoms with E-state index in [1.165, 1.54) is 26.2 Å². The molecule has 2 aromatic carbocycles. The lowest BCUT2D eigenvalue weighted by Gasteiger charge is -2.26. The van der Waals surface area contributed by atoms with Crippen LogP contribution in [-0.2, 0) is 14.3 Å². The van der Waals surface area contributed by atoms with Crippen LogP contribution in [0, 0.1) is 5.92 Å². The van der Waals surface area contributed by atoms with E-state index in [0.29, 0.717) is 40.9 Å². The molecule has 3 rings (SSSR count). The Morgan fingerprint density at radius 2 is 1.68 bits per heavy atom. The molecule has 1 saturated heterocycles. The van der Waals surface area contributed by atoms with Gasteiger partial charge in [-0.2, -0.15) is 0 Å². The summed E-state index contributed by atoms with van der Waals surface area (Å²) in [7, 11) is 4.54. The molecule has 0 spiro atoms. The van der Waals surface area contributed by atoms with Crippen molar-refractivity contribution >= 4 is 17.4 Å². The normalized spacial score (nSPS) is 17.4. The number of methoxy groups -OCH3 is 3. The second-order valence-corrected chi connectivity index (χ2v) is 8.32. The van der Waals surface area contributed by atoms with Crippen LogP contribution in [0.15, 0.2) is 48.0 Å². The monoisotopic (exact) mass is 469 g/mol. The van der Waals surface area contributed by atoms with Gasteiger partial charge in [-0.25, -0.2) is 0 Å². The van der Waals surface area contributed by atoms with Crippen LogP contribution in [0.25, 0.3) is 5.76 Å². The van der Waals surface area contributed by atoms with Gasteiger partial charge in [0.25, 0.3) is 11.7 Å². The first-order chi connectivity index (χ1) is 16.3. The average molecular weight is 470 g/mol. The number of amides is 1. The summed E-state index contributed by atoms with van der Waals surface area (Å²) in [5.41, 5.74) is 0.896. The highest BCUT2D eigenvalue weighted by molar-refractivity contribution is 6.46. The minimum absolute atomic E-state index is 0.0245. The highest BCUT2D eigenvalue weighted by Gasteiger charge is 2.47. The van der Waals surface area contributed by atoms with Crippen molar-refractivity contribution in [2.75, 3.05) is 41.1 Å². The first kappa shape index (κ1) is 25.1. The summed E-state index contributed by atoms with van der Waals surface area (Å²) in [6.07, 6.45) is 0. The molecule has 1 atom stereocenters. The van der Waals surface area contributed by atoms with Gasteiger partial charge in [0.15, 0.2) is 0 Å². The molecule has 1 aliphatic rings. The Labute approximate surface area is 199 Å². The number of aliphatic hydroxyl groups is 1. The lowest BCUT2D eigenvalue weighted by molar-refractivity contribution is -0.140. The first-order valence-corrected chi connectivity index (χ1v) is 11.0. The van der Waals surface area contributed by atoms with Gasteiger partial charge in [0, 0.05) is 24.8 Å². The van der Waals surface area contributed by atoms with E-state index in [2.05, 4.69) is 13.8 Å². The Morgan fingerprint density at radius 3 is 2.26 bits per heavy atom. The molecule has 0 saturated carbocycles. The quantitative estimate of drug-likeness (QED) is 0.321. The SMILES string of the molecule is COCCN1C(=O)C(=O)/C(=C(/O)c2ccc(OCC(C)C)cc2)C1c1cc(OC)ccc1OC. The molecule has 0 aliphatic carbocycles. The number of aliphatic hydroxyl groups excluding tert-OH is 1. The summed E-state index contributed by atoms with van der Waals surface area (Å²) in [5, 5.41) is 11.2. The van der Waals surface area contributed by atoms with Crippen molar-refractivity contribution < 1.29 is 33.6 Å². The van der Waals surface area contributed by atoms with Crippen LogP contribution in [0.2, 0.25) is 0 Å². The van der Waals surface area contributed by atoms with Crippen LogP contribution in [0.1, 0.15) is 31.0 Å². The third-order valence-electron chi connectivity index (χ3n) is 5.52. The molecule has 8 heteroatoms. The third-order valence-corrected chi connectivity index (χ3v) is 5.52. The molecule has 2 aromatic rings. The van der Waals surface area contributed by atoms with Crippen molar-refractivity contribution in [1.29, 1.82) is 0 Å². The van der Waals surface area contributed by atoms with Gasteiger partial charge >= 0.3 is 0 Å². The van der Waals surface area contributed by atoms with Gasteiger partial charge in [-0.3, -0.25) is 9.59 Å². The first-order valence-electron chi connectivity index (χ1n) is 11.0. The molecular weight excluding hydrogens is 438 g/mol. The third kappa shape index (κ3) is 5.17. The summed E-state index contributed by atoms with van der Waals surface area (Å²) in [6.45, 7) is 5.04. The standard InChI is InChI=1S/C26H31NO7/c1-16(2)15-34-18-8-6-17(7-9-18)24(28)22-23(27(12-13-31-3)26(30)25(22)29)20-14-19(32-4)10-11-21(20)33-5/h6-11,14,16,23,28H,12-13,15H2,1-5H3/b24-22+. The number of hydrogen-bond acceptors (Lipinski definition) is 7. The minimum Gasteiger partial charge on any atom is -0.507 e. The summed E-state index contributed by atoms with van der Waals surface area (Å²) in [6, 6.07) is 11.0. The smallest absolute Gasteiger partial charge is 0.295 e. The number of likely N-dealkylation sites (tertiary alicyclic amines) is 1. The van der Waals surface area contributed by atoms with Crippen LogP contribution < -0.4 is 14.2 Å². The van der Waals surface area contributed by atoms with Crippen molar-refractivity contribution in [3.8, 4) is 17.2 Å². The summed E-state index contributed by atoms with van der Waals surface area (Å²) < 4.78 is 21.7. The Hall–Kier alpha value is -3.52. The summed E-state index contributed by atoms with van der Waals surface area (Å²) in [5.74, 6) is 0.238. The van der Waals surface area contributed by atoms with Crippen molar-refractivity contribution in [3.63, 3.8) is 0 Å². The highest BCUT2D eigenvalue weighted by atomic mass is 16.5. The number of nitrogens with zero attached hydrogens (tertiary/aromatic N) is 1. The lowest BCUT2D eigenvalue weighted by atomic mass is 9.94. The number of carbonyl (C=O) groups is 2. The fraction of sp³-hybridized carbons (Fsp3) is 0.385. The second kappa shape index (κ2) is 11.1. The van der Waals surface area contributed by atoms with Crippen LogP contribution in [0.3, 0.4) is 0 Å². The van der Waals surface area contributed by atoms with Gasteiger partial charge in [-0.05, 0) is 48.4 Å². The second-order valence-electron chi connectivity index (χ2n) is 8.32. The van der Waals surface area contributed by atoms with Crippen LogP contribution in [-0.4, -0.2) is 62.8 Å². The molecule has 0 radical (unpaired) electrons. The maximum atomic E-state index is 13.1. The van der Waals surface area contributed by atoms with Crippen molar-refractivity contribution in [3.05, 3.63) is 59.2 Å². The van der Waals surface area contributed by atoms with Crippen molar-refractivity contribution in [1.82, 2.24) is 4.90 Å². The minimum atomic E-state index is -0.878. The van der Waals surface area contributed by atoms with Crippen molar-refractivity contribution in [2.24, 2.45) is 5.92 Å². The number of ether oxygens (including phenoxy) is 4. The zero-order chi connectivity index (χ0) is 24.8. The molecule has 1 fully saturated rings. The van der Waals surface area contributed by atoms with E-state index in [-0.39, 0.29) is 24.5 Å². The number of carbonyl (C=O) groups excluding carboxylic acids is 2. The van der Waals surface area contributed by atoms with E-state index in [1.807, 2.05) is 0 Å². The molecule has 182 valence electrons. The van der Waals surface area contributed by atoms with E-state index < -0.39 is 17.7 Å². The van der Waals surface area contributed by atoms with Gasteiger partial charge in [0.1, 0.15) is 23.0 Å². The predicted octanol–water partition coefficient (Wildman–Crippen LogP) is 3.81. The van der Waals surface area contributed by atoms with E-state index in [9.17, 15) is 14.7 Å². The van der Waals surface area contributed by atoms with E-state index in [0.717, 1.165) is 0 Å². The fourth-order valence-corrected chi connectivity index (χ4v) is 3.80. The predicted molar refractivity (Wildman–Crippen MR) is 127 cm³/mol.